The predicted octanol–water partition coefficient (Wildman–Crippen LogP) is 1.59. The van der Waals surface area contributed by atoms with Crippen LogP contribution in [-0.2, 0) is 6.42 Å². The summed E-state index contributed by atoms with van der Waals surface area (Å²) in [5.74, 6) is 0.923. The van der Waals surface area contributed by atoms with Gasteiger partial charge in [-0.2, -0.15) is 0 Å². The van der Waals surface area contributed by atoms with Crippen LogP contribution < -0.4 is 5.32 Å². The monoisotopic (exact) mass is 268 g/mol. The average molecular weight is 268 g/mol. The summed E-state index contributed by atoms with van der Waals surface area (Å²) < 4.78 is 0. The van der Waals surface area contributed by atoms with Crippen molar-refractivity contribution in [2.75, 3.05) is 26.7 Å². The number of hydrogen-bond acceptors (Lipinski definition) is 4. The minimum atomic E-state index is 0.481. The normalized spacial score (nSPS) is 19.9. The summed E-state index contributed by atoms with van der Waals surface area (Å²) in [4.78, 5) is 11.5. The van der Waals surface area contributed by atoms with Crippen LogP contribution >= 0.6 is 0 Å². The third-order valence-electron chi connectivity index (χ3n) is 3.84. The molecule has 0 bridgehead atoms. The van der Waals surface area contributed by atoms with Gasteiger partial charge >= 0.3 is 0 Å². The Balaban J connectivity index is 1.78. The summed E-state index contributed by atoms with van der Waals surface area (Å²) in [7, 11) is 2.17. The van der Waals surface area contributed by atoms with Crippen LogP contribution in [0.1, 0.15) is 5.82 Å². The lowest BCUT2D eigenvalue weighted by molar-refractivity contribution is 0.197. The molecule has 1 saturated heterocycles. The number of aromatic nitrogens is 2. The van der Waals surface area contributed by atoms with Crippen LogP contribution in [0.15, 0.2) is 42.6 Å². The van der Waals surface area contributed by atoms with Gasteiger partial charge in [-0.15, -0.1) is 0 Å². The van der Waals surface area contributed by atoms with E-state index in [9.17, 15) is 0 Å². The molecule has 1 aliphatic heterocycles. The van der Waals surface area contributed by atoms with Gasteiger partial charge < -0.3 is 10.2 Å². The third kappa shape index (κ3) is 3.03. The fourth-order valence-electron chi connectivity index (χ4n) is 2.57. The Morgan fingerprint density at radius 2 is 2.10 bits per heavy atom. The smallest absolute Gasteiger partial charge is 0.130 e. The molecule has 0 radical (unpaired) electrons. The molecule has 20 heavy (non-hydrogen) atoms. The molecule has 1 atom stereocenters. The molecule has 3 rings (SSSR count). The highest BCUT2D eigenvalue weighted by Gasteiger charge is 2.19. The molecule has 0 saturated carbocycles. The van der Waals surface area contributed by atoms with E-state index >= 15 is 0 Å². The first-order chi connectivity index (χ1) is 9.83. The number of likely N-dealkylation sites (N-methyl/N-ethyl adjacent to an activating group) is 1. The lowest BCUT2D eigenvalue weighted by Gasteiger charge is -2.32. The van der Waals surface area contributed by atoms with Gasteiger partial charge in [-0.25, -0.2) is 9.97 Å². The van der Waals surface area contributed by atoms with Crippen LogP contribution in [0.5, 0.6) is 0 Å². The van der Waals surface area contributed by atoms with Crippen molar-refractivity contribution in [3.05, 3.63) is 48.4 Å². The van der Waals surface area contributed by atoms with E-state index in [1.807, 2.05) is 30.5 Å². The molecule has 1 aromatic heterocycles. The molecular formula is C16H20N4. The molecule has 0 spiro atoms. The molecule has 1 aliphatic rings. The van der Waals surface area contributed by atoms with Crippen molar-refractivity contribution in [2.24, 2.45) is 0 Å². The second kappa shape index (κ2) is 6.11. The fraction of sp³-hybridized carbons (Fsp3) is 0.375. The van der Waals surface area contributed by atoms with E-state index in [-0.39, 0.29) is 0 Å². The van der Waals surface area contributed by atoms with Crippen LogP contribution in [0.4, 0.5) is 0 Å². The van der Waals surface area contributed by atoms with Gasteiger partial charge in [0.05, 0.1) is 5.69 Å². The van der Waals surface area contributed by atoms with Crippen molar-refractivity contribution >= 4 is 0 Å². The zero-order chi connectivity index (χ0) is 13.8. The zero-order valence-electron chi connectivity index (χ0n) is 11.8. The number of rotatable bonds is 3. The second-order valence-electron chi connectivity index (χ2n) is 5.27. The zero-order valence-corrected chi connectivity index (χ0v) is 11.8. The maximum atomic E-state index is 4.71. The minimum Gasteiger partial charge on any atom is -0.314 e. The van der Waals surface area contributed by atoms with Gasteiger partial charge in [-0.3, -0.25) is 0 Å². The predicted molar refractivity (Wildman–Crippen MR) is 80.5 cm³/mol. The molecule has 0 amide bonds. The maximum absolute atomic E-state index is 4.71. The minimum absolute atomic E-state index is 0.481. The van der Waals surface area contributed by atoms with Gasteiger partial charge in [0.1, 0.15) is 5.82 Å². The third-order valence-corrected chi connectivity index (χ3v) is 3.84. The Morgan fingerprint density at radius 3 is 2.90 bits per heavy atom. The molecule has 2 heterocycles. The van der Waals surface area contributed by atoms with Crippen molar-refractivity contribution in [1.82, 2.24) is 20.2 Å². The number of hydrogen-bond donors (Lipinski definition) is 1. The summed E-state index contributed by atoms with van der Waals surface area (Å²) in [5.41, 5.74) is 2.15. The van der Waals surface area contributed by atoms with Crippen molar-refractivity contribution < 1.29 is 0 Å². The molecule has 104 valence electrons. The molecule has 0 aliphatic carbocycles. The van der Waals surface area contributed by atoms with Crippen molar-refractivity contribution in [3.63, 3.8) is 0 Å². The average Bonchev–Trinajstić information content (AvgIpc) is 2.51. The van der Waals surface area contributed by atoms with E-state index in [2.05, 4.69) is 34.4 Å². The van der Waals surface area contributed by atoms with E-state index in [1.54, 1.807) is 0 Å². The van der Waals surface area contributed by atoms with E-state index in [1.165, 1.54) is 0 Å². The Labute approximate surface area is 119 Å². The number of piperazine rings is 1. The summed E-state index contributed by atoms with van der Waals surface area (Å²) >= 11 is 0. The first kappa shape index (κ1) is 13.2. The van der Waals surface area contributed by atoms with Gasteiger partial charge in [-0.05, 0) is 13.1 Å². The highest BCUT2D eigenvalue weighted by molar-refractivity contribution is 5.58. The molecule has 4 nitrogen and oxygen atoms in total. The van der Waals surface area contributed by atoms with E-state index in [0.717, 1.165) is 43.1 Å². The second-order valence-corrected chi connectivity index (χ2v) is 5.27. The molecular weight excluding hydrogens is 248 g/mol. The summed E-state index contributed by atoms with van der Waals surface area (Å²) in [6.45, 7) is 3.16. The van der Waals surface area contributed by atoms with Crippen LogP contribution in [0.3, 0.4) is 0 Å². The number of benzene rings is 1. The Morgan fingerprint density at radius 1 is 1.25 bits per heavy atom. The van der Waals surface area contributed by atoms with Crippen LogP contribution in [0, 0.1) is 0 Å². The maximum Gasteiger partial charge on any atom is 0.130 e. The van der Waals surface area contributed by atoms with Crippen LogP contribution in [0.25, 0.3) is 11.3 Å². The Kier molecular flexibility index (Phi) is 4.04. The van der Waals surface area contributed by atoms with Crippen molar-refractivity contribution in [3.8, 4) is 11.3 Å². The van der Waals surface area contributed by atoms with Crippen molar-refractivity contribution in [2.45, 2.75) is 12.5 Å². The van der Waals surface area contributed by atoms with Gasteiger partial charge in [0.15, 0.2) is 0 Å². The van der Waals surface area contributed by atoms with E-state index < -0.39 is 0 Å². The first-order valence-electron chi connectivity index (χ1n) is 7.11. The van der Waals surface area contributed by atoms with Crippen LogP contribution in [-0.4, -0.2) is 47.6 Å². The summed E-state index contributed by atoms with van der Waals surface area (Å²) in [5, 5.41) is 3.43. The molecule has 1 aromatic carbocycles. The summed E-state index contributed by atoms with van der Waals surface area (Å²) in [6.07, 6.45) is 2.76. The lowest BCUT2D eigenvalue weighted by Crippen LogP contribution is -2.50. The fourth-order valence-corrected chi connectivity index (χ4v) is 2.57. The van der Waals surface area contributed by atoms with Gasteiger partial charge in [0.25, 0.3) is 0 Å². The van der Waals surface area contributed by atoms with E-state index in [4.69, 9.17) is 4.98 Å². The highest BCUT2D eigenvalue weighted by Crippen LogP contribution is 2.16. The molecule has 1 unspecified atom stereocenters. The lowest BCUT2D eigenvalue weighted by atomic mass is 10.1. The standard InChI is InChI=1S/C16H20N4/c1-20-10-9-17-12-14(20)11-16-18-8-7-15(19-16)13-5-3-2-4-6-13/h2-8,14,17H,9-12H2,1H3. The quantitative estimate of drug-likeness (QED) is 0.918. The van der Waals surface area contributed by atoms with Gasteiger partial charge in [-0.1, -0.05) is 30.3 Å². The van der Waals surface area contributed by atoms with Crippen molar-refractivity contribution in [1.29, 1.82) is 0 Å². The SMILES string of the molecule is CN1CCNCC1Cc1nccc(-c2ccccc2)n1. The number of nitrogens with zero attached hydrogens (tertiary/aromatic N) is 3. The molecule has 1 N–H and O–H groups in total. The Hall–Kier alpha value is -1.78. The Bertz CT molecular complexity index is 555. The van der Waals surface area contributed by atoms with Gasteiger partial charge in [0, 0.05) is 43.9 Å². The summed E-state index contributed by atoms with van der Waals surface area (Å²) in [6, 6.07) is 12.7. The van der Waals surface area contributed by atoms with Gasteiger partial charge in [0.2, 0.25) is 0 Å². The largest absolute Gasteiger partial charge is 0.314 e. The number of nitrogens with one attached hydrogen (secondary N) is 1. The molecule has 2 aromatic rings. The van der Waals surface area contributed by atoms with E-state index in [0.29, 0.717) is 6.04 Å². The molecule has 4 heteroatoms. The highest BCUT2D eigenvalue weighted by atomic mass is 15.2. The molecule has 1 fully saturated rings. The van der Waals surface area contributed by atoms with Crippen LogP contribution in [0.2, 0.25) is 0 Å². The first-order valence-corrected chi connectivity index (χ1v) is 7.11. The topological polar surface area (TPSA) is 41.0 Å².